The fourth-order valence-electron chi connectivity index (χ4n) is 3.33. The smallest absolute Gasteiger partial charge is 0.319 e. The summed E-state index contributed by atoms with van der Waals surface area (Å²) < 4.78 is 2.04. The number of rotatable bonds is 4. The summed E-state index contributed by atoms with van der Waals surface area (Å²) in [6.07, 6.45) is 4.96. The molecule has 2 aromatic heterocycles. The molecule has 0 atom stereocenters. The summed E-state index contributed by atoms with van der Waals surface area (Å²) in [4.78, 5) is 16.8. The molecule has 0 spiro atoms. The Labute approximate surface area is 152 Å². The van der Waals surface area contributed by atoms with E-state index < -0.39 is 0 Å². The van der Waals surface area contributed by atoms with E-state index in [1.807, 2.05) is 36.0 Å². The highest BCUT2D eigenvalue weighted by molar-refractivity contribution is 5.92. The number of aromatic nitrogens is 2. The molecule has 4 rings (SSSR count). The molecule has 6 heteroatoms. The fraction of sp³-hybridized carbons (Fsp3) is 0.300. The maximum atomic E-state index is 12.1. The molecule has 0 aliphatic carbocycles. The molecule has 0 radical (unpaired) electrons. The van der Waals surface area contributed by atoms with Crippen LogP contribution in [0.4, 0.5) is 16.3 Å². The van der Waals surface area contributed by atoms with E-state index in [4.69, 9.17) is 0 Å². The van der Waals surface area contributed by atoms with Crippen LogP contribution in [0.5, 0.6) is 0 Å². The van der Waals surface area contributed by atoms with Gasteiger partial charge in [0, 0.05) is 49.7 Å². The first-order valence-corrected chi connectivity index (χ1v) is 9.02. The second-order valence-corrected chi connectivity index (χ2v) is 6.67. The third-order valence-corrected chi connectivity index (χ3v) is 4.76. The number of carbonyl (C=O) groups is 1. The first kappa shape index (κ1) is 16.4. The summed E-state index contributed by atoms with van der Waals surface area (Å²) in [5, 5.41) is 10.3. The van der Waals surface area contributed by atoms with E-state index in [2.05, 4.69) is 39.1 Å². The van der Waals surface area contributed by atoms with Gasteiger partial charge >= 0.3 is 6.03 Å². The van der Waals surface area contributed by atoms with E-state index in [9.17, 15) is 4.79 Å². The summed E-state index contributed by atoms with van der Waals surface area (Å²) in [5.74, 6) is 0.995. The number of benzene rings is 1. The number of urea groups is 1. The van der Waals surface area contributed by atoms with Crippen LogP contribution in [-0.2, 0) is 19.9 Å². The van der Waals surface area contributed by atoms with E-state index in [-0.39, 0.29) is 6.03 Å². The summed E-state index contributed by atoms with van der Waals surface area (Å²) in [6, 6.07) is 11.9. The van der Waals surface area contributed by atoms with Crippen LogP contribution in [0.15, 0.2) is 42.6 Å². The number of aryl methyl sites for hydroxylation is 2. The van der Waals surface area contributed by atoms with Crippen molar-refractivity contribution in [1.82, 2.24) is 14.9 Å². The molecule has 0 fully saturated rings. The van der Waals surface area contributed by atoms with Crippen molar-refractivity contribution in [1.29, 1.82) is 0 Å². The highest BCUT2D eigenvalue weighted by Crippen LogP contribution is 2.20. The molecule has 6 nitrogen and oxygen atoms in total. The third-order valence-electron chi connectivity index (χ3n) is 4.76. The highest BCUT2D eigenvalue weighted by Gasteiger charge is 2.10. The predicted octanol–water partition coefficient (Wildman–Crippen LogP) is 3.30. The van der Waals surface area contributed by atoms with E-state index in [0.717, 1.165) is 47.5 Å². The van der Waals surface area contributed by atoms with E-state index >= 15 is 0 Å². The van der Waals surface area contributed by atoms with Crippen molar-refractivity contribution in [2.75, 3.05) is 23.7 Å². The molecule has 0 unspecified atom stereocenters. The number of nitrogens with one attached hydrogen (secondary N) is 3. The van der Waals surface area contributed by atoms with Gasteiger partial charge in [-0.3, -0.25) is 0 Å². The number of fused-ring (bicyclic) bond motifs is 2. The van der Waals surface area contributed by atoms with Gasteiger partial charge in [0.25, 0.3) is 0 Å². The van der Waals surface area contributed by atoms with Crippen LogP contribution in [0.2, 0.25) is 0 Å². The Hall–Kier alpha value is -3.02. The Bertz CT molecular complexity index is 947. The minimum atomic E-state index is -0.199. The lowest BCUT2D eigenvalue weighted by atomic mass is 10.1. The Morgan fingerprint density at radius 2 is 2.19 bits per heavy atom. The summed E-state index contributed by atoms with van der Waals surface area (Å²) in [7, 11) is 1.99. The minimum absolute atomic E-state index is 0.199. The lowest BCUT2D eigenvalue weighted by molar-refractivity contribution is 0.252. The number of carbonyl (C=O) groups excluding carboxylic acids is 1. The first-order chi connectivity index (χ1) is 12.7. The first-order valence-electron chi connectivity index (χ1n) is 9.02. The zero-order chi connectivity index (χ0) is 17.9. The van der Waals surface area contributed by atoms with Gasteiger partial charge in [0.15, 0.2) is 0 Å². The second-order valence-electron chi connectivity index (χ2n) is 6.67. The number of amides is 2. The third kappa shape index (κ3) is 3.49. The zero-order valence-corrected chi connectivity index (χ0v) is 14.9. The van der Waals surface area contributed by atoms with Crippen molar-refractivity contribution in [3.8, 4) is 0 Å². The molecule has 0 saturated heterocycles. The molecule has 1 aliphatic heterocycles. The van der Waals surface area contributed by atoms with Crippen molar-refractivity contribution >= 4 is 28.4 Å². The molecule has 0 saturated carbocycles. The van der Waals surface area contributed by atoms with E-state index in [1.165, 1.54) is 5.56 Å². The number of hydrogen-bond donors (Lipinski definition) is 3. The van der Waals surface area contributed by atoms with Crippen molar-refractivity contribution in [3.63, 3.8) is 0 Å². The lowest BCUT2D eigenvalue weighted by Crippen LogP contribution is -2.30. The van der Waals surface area contributed by atoms with Gasteiger partial charge < -0.3 is 20.5 Å². The maximum absolute atomic E-state index is 12.1. The molecule has 26 heavy (non-hydrogen) atoms. The van der Waals surface area contributed by atoms with Crippen LogP contribution in [0, 0.1) is 0 Å². The standard InChI is InChI=1S/C20H23N5O/c1-25-12-9-14-4-7-17(13-18(14)25)24-20(26)22-11-8-16-6-5-15-3-2-10-21-19(15)23-16/h4-7,9,12-13H,2-3,8,10-11H2,1H3,(H,21,23)(H2,22,24,26). The zero-order valence-electron chi connectivity index (χ0n) is 14.9. The average Bonchev–Trinajstić information content (AvgIpc) is 3.02. The Kier molecular flexibility index (Phi) is 4.48. The van der Waals surface area contributed by atoms with Gasteiger partial charge in [-0.2, -0.15) is 0 Å². The molecule has 0 bridgehead atoms. The highest BCUT2D eigenvalue weighted by atomic mass is 16.2. The van der Waals surface area contributed by atoms with Crippen molar-refractivity contribution in [2.45, 2.75) is 19.3 Å². The lowest BCUT2D eigenvalue weighted by Gasteiger charge is -2.17. The van der Waals surface area contributed by atoms with Gasteiger partial charge in [0.05, 0.1) is 0 Å². The monoisotopic (exact) mass is 349 g/mol. The molecule has 2 amide bonds. The largest absolute Gasteiger partial charge is 0.370 e. The predicted molar refractivity (Wildman–Crippen MR) is 105 cm³/mol. The normalized spacial score (nSPS) is 13.1. The van der Waals surface area contributed by atoms with Gasteiger partial charge in [-0.15, -0.1) is 0 Å². The SMILES string of the molecule is Cn1ccc2ccc(NC(=O)NCCc3ccc4c(n3)NCCC4)cc21. The van der Waals surface area contributed by atoms with Crippen molar-refractivity contribution in [2.24, 2.45) is 7.05 Å². The molecule has 1 aliphatic rings. The van der Waals surface area contributed by atoms with Crippen molar-refractivity contribution < 1.29 is 4.79 Å². The molecule has 3 aromatic rings. The van der Waals surface area contributed by atoms with Gasteiger partial charge in [0.1, 0.15) is 5.82 Å². The molecular formula is C20H23N5O. The van der Waals surface area contributed by atoms with E-state index in [1.54, 1.807) is 0 Å². The summed E-state index contributed by atoms with van der Waals surface area (Å²) >= 11 is 0. The van der Waals surface area contributed by atoms with Crippen LogP contribution < -0.4 is 16.0 Å². The average molecular weight is 349 g/mol. The fourth-order valence-corrected chi connectivity index (χ4v) is 3.33. The number of hydrogen-bond acceptors (Lipinski definition) is 3. The Morgan fingerprint density at radius 1 is 1.27 bits per heavy atom. The maximum Gasteiger partial charge on any atom is 0.319 e. The molecule has 134 valence electrons. The van der Waals surface area contributed by atoms with Crippen LogP contribution in [-0.4, -0.2) is 28.7 Å². The van der Waals surface area contributed by atoms with Gasteiger partial charge in [0.2, 0.25) is 0 Å². The van der Waals surface area contributed by atoms with Gasteiger partial charge in [-0.05, 0) is 48.1 Å². The quantitative estimate of drug-likeness (QED) is 0.677. The van der Waals surface area contributed by atoms with Crippen molar-refractivity contribution in [3.05, 3.63) is 53.9 Å². The summed E-state index contributed by atoms with van der Waals surface area (Å²) in [6.45, 7) is 1.53. The van der Waals surface area contributed by atoms with Gasteiger partial charge in [-0.1, -0.05) is 12.1 Å². The molecule has 3 N–H and O–H groups in total. The number of anilines is 2. The Balaban J connectivity index is 1.31. The molecule has 3 heterocycles. The number of nitrogens with zero attached hydrogens (tertiary/aromatic N) is 2. The van der Waals surface area contributed by atoms with Crippen LogP contribution in [0.25, 0.3) is 10.9 Å². The van der Waals surface area contributed by atoms with E-state index in [0.29, 0.717) is 13.0 Å². The minimum Gasteiger partial charge on any atom is -0.370 e. The molecule has 1 aromatic carbocycles. The molecular weight excluding hydrogens is 326 g/mol. The Morgan fingerprint density at radius 3 is 3.12 bits per heavy atom. The van der Waals surface area contributed by atoms with Crippen LogP contribution in [0.1, 0.15) is 17.7 Å². The number of pyridine rings is 1. The van der Waals surface area contributed by atoms with Crippen LogP contribution >= 0.6 is 0 Å². The summed E-state index contributed by atoms with van der Waals surface area (Å²) in [5.41, 5.74) is 4.15. The van der Waals surface area contributed by atoms with Gasteiger partial charge in [-0.25, -0.2) is 9.78 Å². The second kappa shape index (κ2) is 7.07. The topological polar surface area (TPSA) is 71.0 Å². The van der Waals surface area contributed by atoms with Crippen LogP contribution in [0.3, 0.4) is 0 Å².